The molecule has 1 N–H and O–H groups in total. The summed E-state index contributed by atoms with van der Waals surface area (Å²) in [5, 5.41) is 3.18. The molecule has 1 rings (SSSR count). The Labute approximate surface area is 113 Å². The molecule has 0 amide bonds. The minimum absolute atomic E-state index is 0.375. The summed E-state index contributed by atoms with van der Waals surface area (Å²) in [6.45, 7) is 7.98. The maximum atomic E-state index is 11.4. The minimum Gasteiger partial charge on any atom is -0.465 e. The lowest BCUT2D eigenvalue weighted by molar-refractivity contribution is 0.0599. The van der Waals surface area contributed by atoms with Crippen molar-refractivity contribution in [1.29, 1.82) is 0 Å². The Morgan fingerprint density at radius 2 is 2.32 bits per heavy atom. The largest absolute Gasteiger partial charge is 0.465 e. The summed E-state index contributed by atoms with van der Waals surface area (Å²) >= 11 is 0. The Morgan fingerprint density at radius 1 is 1.53 bits per heavy atom. The van der Waals surface area contributed by atoms with Crippen LogP contribution in [0.3, 0.4) is 0 Å². The highest BCUT2D eigenvalue weighted by atomic mass is 16.5. The van der Waals surface area contributed by atoms with Crippen molar-refractivity contribution in [2.75, 3.05) is 26.9 Å². The SMILES string of the molecule is C=CCCOCCNCc1cc(C(=O)OC)c(C)o1. The third-order valence-corrected chi connectivity index (χ3v) is 2.56. The number of rotatable bonds is 9. The van der Waals surface area contributed by atoms with Crippen LogP contribution in [0.5, 0.6) is 0 Å². The quantitative estimate of drug-likeness (QED) is 0.421. The Kier molecular flexibility index (Phi) is 6.92. The third kappa shape index (κ3) is 5.28. The van der Waals surface area contributed by atoms with Crippen LogP contribution in [0.1, 0.15) is 28.3 Å². The fourth-order valence-corrected chi connectivity index (χ4v) is 1.57. The van der Waals surface area contributed by atoms with Crippen LogP contribution in [-0.2, 0) is 16.0 Å². The molecule has 5 nitrogen and oxygen atoms in total. The highest BCUT2D eigenvalue weighted by Gasteiger charge is 2.14. The van der Waals surface area contributed by atoms with Gasteiger partial charge in [0.25, 0.3) is 0 Å². The number of methoxy groups -OCH3 is 1. The van der Waals surface area contributed by atoms with Gasteiger partial charge in [0, 0.05) is 6.54 Å². The van der Waals surface area contributed by atoms with E-state index in [2.05, 4.69) is 16.6 Å². The van der Waals surface area contributed by atoms with Gasteiger partial charge in [0.2, 0.25) is 0 Å². The number of carbonyl (C=O) groups is 1. The van der Waals surface area contributed by atoms with Gasteiger partial charge in [-0.15, -0.1) is 6.58 Å². The Morgan fingerprint density at radius 3 is 3.00 bits per heavy atom. The highest BCUT2D eigenvalue weighted by Crippen LogP contribution is 2.15. The van der Waals surface area contributed by atoms with E-state index in [1.54, 1.807) is 13.0 Å². The molecular formula is C14H21NO4. The number of nitrogens with one attached hydrogen (secondary N) is 1. The first-order valence-electron chi connectivity index (χ1n) is 6.26. The maximum Gasteiger partial charge on any atom is 0.341 e. The lowest BCUT2D eigenvalue weighted by Crippen LogP contribution is -2.19. The lowest BCUT2D eigenvalue weighted by Gasteiger charge is -2.03. The van der Waals surface area contributed by atoms with Crippen LogP contribution in [0.15, 0.2) is 23.1 Å². The molecule has 0 radical (unpaired) electrons. The summed E-state index contributed by atoms with van der Waals surface area (Å²) in [6, 6.07) is 1.70. The molecule has 5 heteroatoms. The second kappa shape index (κ2) is 8.50. The van der Waals surface area contributed by atoms with Crippen molar-refractivity contribution in [3.63, 3.8) is 0 Å². The molecule has 106 valence electrons. The summed E-state index contributed by atoms with van der Waals surface area (Å²) < 4.78 is 15.5. The van der Waals surface area contributed by atoms with Crippen molar-refractivity contribution < 1.29 is 18.7 Å². The van der Waals surface area contributed by atoms with Crippen LogP contribution in [0.25, 0.3) is 0 Å². The minimum atomic E-state index is -0.375. The van der Waals surface area contributed by atoms with E-state index in [9.17, 15) is 4.79 Å². The van der Waals surface area contributed by atoms with Gasteiger partial charge in [-0.25, -0.2) is 4.79 Å². The van der Waals surface area contributed by atoms with E-state index in [1.165, 1.54) is 7.11 Å². The van der Waals surface area contributed by atoms with Gasteiger partial charge in [0.1, 0.15) is 17.1 Å². The zero-order valence-electron chi connectivity index (χ0n) is 11.5. The third-order valence-electron chi connectivity index (χ3n) is 2.56. The number of hydrogen-bond acceptors (Lipinski definition) is 5. The Hall–Kier alpha value is -1.59. The smallest absolute Gasteiger partial charge is 0.341 e. The molecule has 0 aliphatic heterocycles. The Balaban J connectivity index is 2.26. The normalized spacial score (nSPS) is 10.4. The van der Waals surface area contributed by atoms with Gasteiger partial charge in [0.05, 0.1) is 26.9 Å². The van der Waals surface area contributed by atoms with E-state index in [0.29, 0.717) is 36.8 Å². The van der Waals surface area contributed by atoms with Gasteiger partial charge in [-0.2, -0.15) is 0 Å². The molecule has 19 heavy (non-hydrogen) atoms. The van der Waals surface area contributed by atoms with Gasteiger partial charge in [-0.05, 0) is 19.4 Å². The number of esters is 1. The van der Waals surface area contributed by atoms with E-state index in [1.807, 2.05) is 6.08 Å². The van der Waals surface area contributed by atoms with Crippen LogP contribution < -0.4 is 5.32 Å². The van der Waals surface area contributed by atoms with E-state index >= 15 is 0 Å². The average molecular weight is 267 g/mol. The topological polar surface area (TPSA) is 60.7 Å². The van der Waals surface area contributed by atoms with Crippen LogP contribution in [-0.4, -0.2) is 32.8 Å². The molecule has 0 atom stereocenters. The summed E-state index contributed by atoms with van der Waals surface area (Å²) in [5.41, 5.74) is 0.474. The molecule has 0 aliphatic rings. The fourth-order valence-electron chi connectivity index (χ4n) is 1.57. The average Bonchev–Trinajstić information content (AvgIpc) is 2.78. The molecule has 1 aromatic rings. The summed E-state index contributed by atoms with van der Waals surface area (Å²) in [6.07, 6.45) is 2.69. The molecule has 0 spiro atoms. The van der Waals surface area contributed by atoms with E-state index in [4.69, 9.17) is 9.15 Å². The number of ether oxygens (including phenoxy) is 2. The molecule has 1 heterocycles. The lowest BCUT2D eigenvalue weighted by atomic mass is 10.2. The molecule has 1 aromatic heterocycles. The highest BCUT2D eigenvalue weighted by molar-refractivity contribution is 5.90. The van der Waals surface area contributed by atoms with E-state index in [-0.39, 0.29) is 5.97 Å². The number of furan rings is 1. The molecule has 0 bridgehead atoms. The molecular weight excluding hydrogens is 246 g/mol. The van der Waals surface area contributed by atoms with Gasteiger partial charge in [-0.1, -0.05) is 6.08 Å². The van der Waals surface area contributed by atoms with Gasteiger partial charge in [-0.3, -0.25) is 0 Å². The van der Waals surface area contributed by atoms with Crippen molar-refractivity contribution in [3.8, 4) is 0 Å². The van der Waals surface area contributed by atoms with Gasteiger partial charge < -0.3 is 19.2 Å². The number of hydrogen-bond donors (Lipinski definition) is 1. The van der Waals surface area contributed by atoms with Crippen molar-refractivity contribution in [2.45, 2.75) is 19.9 Å². The summed E-state index contributed by atoms with van der Waals surface area (Å²) in [4.78, 5) is 11.4. The first kappa shape index (κ1) is 15.5. The van der Waals surface area contributed by atoms with Crippen LogP contribution >= 0.6 is 0 Å². The second-order valence-corrected chi connectivity index (χ2v) is 4.04. The van der Waals surface area contributed by atoms with E-state index < -0.39 is 0 Å². The summed E-state index contributed by atoms with van der Waals surface area (Å²) in [5.74, 6) is 0.912. The number of carbonyl (C=O) groups excluding carboxylic acids is 1. The van der Waals surface area contributed by atoms with Gasteiger partial charge in [0.15, 0.2) is 0 Å². The van der Waals surface area contributed by atoms with E-state index in [0.717, 1.165) is 13.0 Å². The predicted octanol–water partition coefficient (Wildman–Crippen LogP) is 2.06. The monoisotopic (exact) mass is 267 g/mol. The molecule has 0 aromatic carbocycles. The van der Waals surface area contributed by atoms with Crippen molar-refractivity contribution >= 4 is 5.97 Å². The van der Waals surface area contributed by atoms with Gasteiger partial charge >= 0.3 is 5.97 Å². The second-order valence-electron chi connectivity index (χ2n) is 4.04. The van der Waals surface area contributed by atoms with Crippen LogP contribution in [0.4, 0.5) is 0 Å². The first-order valence-corrected chi connectivity index (χ1v) is 6.26. The Bertz CT molecular complexity index is 412. The van der Waals surface area contributed by atoms with Crippen LogP contribution in [0.2, 0.25) is 0 Å². The van der Waals surface area contributed by atoms with Crippen LogP contribution in [0, 0.1) is 6.92 Å². The summed E-state index contributed by atoms with van der Waals surface area (Å²) in [7, 11) is 1.35. The molecule has 0 aliphatic carbocycles. The first-order chi connectivity index (χ1) is 9.19. The maximum absolute atomic E-state index is 11.4. The predicted molar refractivity (Wildman–Crippen MR) is 72.1 cm³/mol. The van der Waals surface area contributed by atoms with Crippen molar-refractivity contribution in [3.05, 3.63) is 35.8 Å². The zero-order valence-corrected chi connectivity index (χ0v) is 11.5. The molecule has 0 saturated heterocycles. The molecule has 0 saturated carbocycles. The standard InChI is InChI=1S/C14H21NO4/c1-4-5-7-18-8-6-15-10-12-9-13(11(2)19-12)14(16)17-3/h4,9,15H,1,5-8,10H2,2-3H3. The fraction of sp³-hybridized carbons (Fsp3) is 0.500. The van der Waals surface area contributed by atoms with Crippen molar-refractivity contribution in [2.24, 2.45) is 0 Å². The van der Waals surface area contributed by atoms with Crippen molar-refractivity contribution in [1.82, 2.24) is 5.32 Å². The molecule has 0 fully saturated rings. The zero-order chi connectivity index (χ0) is 14.1. The number of aryl methyl sites for hydroxylation is 1. The molecule has 0 unspecified atom stereocenters.